The van der Waals surface area contributed by atoms with Crippen LogP contribution >= 0.6 is 11.9 Å². The monoisotopic (exact) mass is 406 g/mol. The van der Waals surface area contributed by atoms with Gasteiger partial charge in [0, 0.05) is 30.0 Å². The summed E-state index contributed by atoms with van der Waals surface area (Å²) in [5, 5.41) is 0. The second-order valence-electron chi connectivity index (χ2n) is 5.69. The normalized spacial score (nSPS) is 10.6. The van der Waals surface area contributed by atoms with Gasteiger partial charge in [-0.25, -0.2) is 18.2 Å². The Balaban J connectivity index is 1.98. The molecule has 0 aliphatic heterocycles. The van der Waals surface area contributed by atoms with E-state index in [0.717, 1.165) is 17.5 Å². The van der Waals surface area contributed by atoms with Crippen LogP contribution in [0, 0.1) is 17.5 Å². The Kier molecular flexibility index (Phi) is 6.30. The number of pyridine rings is 1. The lowest BCUT2D eigenvalue weighted by Gasteiger charge is -2.24. The van der Waals surface area contributed by atoms with E-state index in [1.807, 2.05) is 0 Å². The molecule has 0 N–H and O–H groups in total. The highest BCUT2D eigenvalue weighted by Gasteiger charge is 2.20. The van der Waals surface area contributed by atoms with Crippen molar-refractivity contribution in [1.29, 1.82) is 0 Å². The van der Waals surface area contributed by atoms with Crippen molar-refractivity contribution in [2.75, 3.05) is 18.5 Å². The van der Waals surface area contributed by atoms with Crippen LogP contribution in [-0.4, -0.2) is 19.2 Å². The van der Waals surface area contributed by atoms with E-state index in [0.29, 0.717) is 29.4 Å². The van der Waals surface area contributed by atoms with E-state index in [1.54, 1.807) is 54.0 Å². The standard InChI is InChI=1S/C20H17F3N2O2S/c1-26-15-7-6-13(18(11-15)27-2)12-25(19-5-3-4-8-24-19)28-20-16(22)9-14(21)10-17(20)23/h3-11H,12H2,1-2H3. The Morgan fingerprint density at radius 1 is 0.964 bits per heavy atom. The molecule has 1 aromatic heterocycles. The highest BCUT2D eigenvalue weighted by molar-refractivity contribution is 8.00. The molecule has 0 aliphatic rings. The van der Waals surface area contributed by atoms with Gasteiger partial charge in [-0.1, -0.05) is 6.07 Å². The highest BCUT2D eigenvalue weighted by atomic mass is 32.2. The summed E-state index contributed by atoms with van der Waals surface area (Å²) in [5.74, 6) is -1.28. The Labute approximate surface area is 165 Å². The molecule has 0 fully saturated rings. The summed E-state index contributed by atoms with van der Waals surface area (Å²) < 4.78 is 53.8. The maximum atomic E-state index is 14.2. The summed E-state index contributed by atoms with van der Waals surface area (Å²) >= 11 is 0.795. The molecule has 3 rings (SSSR count). The molecule has 8 heteroatoms. The number of methoxy groups -OCH3 is 2. The molecular weight excluding hydrogens is 389 g/mol. The molecule has 0 bridgehead atoms. The largest absolute Gasteiger partial charge is 0.497 e. The fourth-order valence-corrected chi connectivity index (χ4v) is 3.44. The zero-order valence-electron chi connectivity index (χ0n) is 15.2. The van der Waals surface area contributed by atoms with Crippen molar-refractivity contribution >= 4 is 17.8 Å². The van der Waals surface area contributed by atoms with Crippen LogP contribution in [0.25, 0.3) is 0 Å². The zero-order chi connectivity index (χ0) is 20.1. The Bertz CT molecular complexity index is 934. The highest BCUT2D eigenvalue weighted by Crippen LogP contribution is 2.35. The van der Waals surface area contributed by atoms with Crippen molar-refractivity contribution in [2.45, 2.75) is 11.4 Å². The Hall–Kier alpha value is -2.87. The van der Waals surface area contributed by atoms with Crippen molar-refractivity contribution in [3.63, 3.8) is 0 Å². The first kappa shape index (κ1) is 19.9. The van der Waals surface area contributed by atoms with Gasteiger partial charge in [0.1, 0.15) is 39.7 Å². The van der Waals surface area contributed by atoms with Gasteiger partial charge in [0.25, 0.3) is 0 Å². The average molecular weight is 406 g/mol. The van der Waals surface area contributed by atoms with Gasteiger partial charge < -0.3 is 9.47 Å². The van der Waals surface area contributed by atoms with Crippen LogP contribution in [-0.2, 0) is 6.54 Å². The van der Waals surface area contributed by atoms with Crippen LogP contribution in [0.2, 0.25) is 0 Å². The molecule has 146 valence electrons. The summed E-state index contributed by atoms with van der Waals surface area (Å²) in [6, 6.07) is 11.8. The lowest BCUT2D eigenvalue weighted by molar-refractivity contribution is 0.391. The molecular formula is C20H17F3N2O2S. The number of hydrogen-bond donors (Lipinski definition) is 0. The quantitative estimate of drug-likeness (QED) is 0.502. The van der Waals surface area contributed by atoms with E-state index in [2.05, 4.69) is 4.98 Å². The van der Waals surface area contributed by atoms with Crippen LogP contribution in [0.15, 0.2) is 59.6 Å². The maximum absolute atomic E-state index is 14.2. The lowest BCUT2D eigenvalue weighted by atomic mass is 10.2. The second-order valence-corrected chi connectivity index (χ2v) is 6.72. The zero-order valence-corrected chi connectivity index (χ0v) is 16.0. The van der Waals surface area contributed by atoms with Gasteiger partial charge in [-0.3, -0.25) is 4.31 Å². The summed E-state index contributed by atoms with van der Waals surface area (Å²) in [7, 11) is 3.07. The summed E-state index contributed by atoms with van der Waals surface area (Å²) in [6.07, 6.45) is 1.57. The topological polar surface area (TPSA) is 34.6 Å². The molecule has 0 aliphatic carbocycles. The predicted octanol–water partition coefficient (Wildman–Crippen LogP) is 5.23. The summed E-state index contributed by atoms with van der Waals surface area (Å²) in [4.78, 5) is 3.94. The molecule has 4 nitrogen and oxygen atoms in total. The van der Waals surface area contributed by atoms with E-state index in [-0.39, 0.29) is 11.4 Å². The molecule has 3 aromatic rings. The molecule has 28 heavy (non-hydrogen) atoms. The number of halogens is 3. The molecule has 0 radical (unpaired) electrons. The van der Waals surface area contributed by atoms with Gasteiger partial charge in [0.15, 0.2) is 0 Å². The van der Waals surface area contributed by atoms with E-state index in [9.17, 15) is 13.2 Å². The summed E-state index contributed by atoms with van der Waals surface area (Å²) in [6.45, 7) is 0.227. The third-order valence-electron chi connectivity index (χ3n) is 3.88. The lowest BCUT2D eigenvalue weighted by Crippen LogP contribution is -2.16. The SMILES string of the molecule is COc1ccc(CN(Sc2c(F)cc(F)cc2F)c2ccccn2)c(OC)c1. The van der Waals surface area contributed by atoms with Gasteiger partial charge in [-0.15, -0.1) is 0 Å². The summed E-state index contributed by atoms with van der Waals surface area (Å²) in [5.41, 5.74) is 0.754. The van der Waals surface area contributed by atoms with Gasteiger partial charge in [0.2, 0.25) is 0 Å². The molecule has 0 unspecified atom stereocenters. The minimum atomic E-state index is -0.981. The van der Waals surface area contributed by atoms with Gasteiger partial charge in [0.05, 0.1) is 20.8 Å². The first-order chi connectivity index (χ1) is 13.5. The number of ether oxygens (including phenoxy) is 2. The van der Waals surface area contributed by atoms with Crippen LogP contribution in [0.4, 0.5) is 19.0 Å². The van der Waals surface area contributed by atoms with E-state index in [4.69, 9.17) is 9.47 Å². The van der Waals surface area contributed by atoms with Crippen LogP contribution in [0.1, 0.15) is 5.56 Å². The predicted molar refractivity (Wildman–Crippen MR) is 102 cm³/mol. The number of rotatable bonds is 7. The van der Waals surface area contributed by atoms with Gasteiger partial charge in [-0.05, 0) is 36.2 Å². The Morgan fingerprint density at radius 2 is 1.71 bits per heavy atom. The number of aromatic nitrogens is 1. The molecule has 0 atom stereocenters. The van der Waals surface area contributed by atoms with E-state index < -0.39 is 17.5 Å². The van der Waals surface area contributed by atoms with Crippen LogP contribution < -0.4 is 13.8 Å². The van der Waals surface area contributed by atoms with Crippen molar-refractivity contribution in [3.8, 4) is 11.5 Å². The van der Waals surface area contributed by atoms with E-state index >= 15 is 0 Å². The molecule has 2 aromatic carbocycles. The Morgan fingerprint density at radius 3 is 2.32 bits per heavy atom. The van der Waals surface area contributed by atoms with E-state index in [1.165, 1.54) is 7.11 Å². The van der Waals surface area contributed by atoms with Crippen LogP contribution in [0.3, 0.4) is 0 Å². The number of anilines is 1. The smallest absolute Gasteiger partial charge is 0.144 e. The first-order valence-electron chi connectivity index (χ1n) is 8.23. The number of nitrogens with zero attached hydrogens (tertiary/aromatic N) is 2. The third-order valence-corrected chi connectivity index (χ3v) is 4.99. The molecule has 0 amide bonds. The average Bonchev–Trinajstić information content (AvgIpc) is 2.70. The first-order valence-corrected chi connectivity index (χ1v) is 9.01. The minimum absolute atomic E-state index is 0.227. The molecule has 0 saturated heterocycles. The molecule has 0 spiro atoms. The van der Waals surface area contributed by atoms with Crippen molar-refractivity contribution < 1.29 is 22.6 Å². The molecule has 0 saturated carbocycles. The number of hydrogen-bond acceptors (Lipinski definition) is 5. The second kappa shape index (κ2) is 8.88. The number of benzene rings is 2. The van der Waals surface area contributed by atoms with Crippen LogP contribution in [0.5, 0.6) is 11.5 Å². The molecule has 1 heterocycles. The van der Waals surface area contributed by atoms with Crippen molar-refractivity contribution in [2.24, 2.45) is 0 Å². The minimum Gasteiger partial charge on any atom is -0.497 e. The van der Waals surface area contributed by atoms with Gasteiger partial charge >= 0.3 is 0 Å². The fraction of sp³-hybridized carbons (Fsp3) is 0.150. The van der Waals surface area contributed by atoms with Crippen molar-refractivity contribution in [1.82, 2.24) is 4.98 Å². The third kappa shape index (κ3) is 4.51. The maximum Gasteiger partial charge on any atom is 0.144 e. The fourth-order valence-electron chi connectivity index (χ4n) is 2.52. The van der Waals surface area contributed by atoms with Crippen molar-refractivity contribution in [3.05, 3.63) is 77.7 Å². The van der Waals surface area contributed by atoms with Gasteiger partial charge in [-0.2, -0.15) is 0 Å².